The highest BCUT2D eigenvalue weighted by atomic mass is 19.4. The number of fused-ring (bicyclic) bond motifs is 1. The molecule has 0 saturated carbocycles. The fourth-order valence-electron chi connectivity index (χ4n) is 4.05. The van der Waals surface area contributed by atoms with Crippen molar-refractivity contribution in [2.75, 3.05) is 11.4 Å². The first-order valence-electron chi connectivity index (χ1n) is 10.9. The first kappa shape index (κ1) is 22.5. The van der Waals surface area contributed by atoms with E-state index in [0.29, 0.717) is 11.4 Å². The molecule has 9 heteroatoms. The molecule has 0 fully saturated rings. The van der Waals surface area contributed by atoms with Crippen molar-refractivity contribution < 1.29 is 18.0 Å². The summed E-state index contributed by atoms with van der Waals surface area (Å²) in [7, 11) is 0. The highest BCUT2D eigenvalue weighted by Crippen LogP contribution is 2.33. The van der Waals surface area contributed by atoms with E-state index in [-0.39, 0.29) is 24.1 Å². The lowest BCUT2D eigenvalue weighted by Crippen LogP contribution is -2.43. The van der Waals surface area contributed by atoms with Crippen LogP contribution in [0.2, 0.25) is 0 Å². The molecule has 0 saturated heterocycles. The zero-order valence-corrected chi connectivity index (χ0v) is 18.6. The molecule has 35 heavy (non-hydrogen) atoms. The van der Waals surface area contributed by atoms with Gasteiger partial charge in [-0.05, 0) is 19.1 Å². The van der Waals surface area contributed by atoms with Crippen LogP contribution in [0.3, 0.4) is 0 Å². The minimum Gasteiger partial charge on any atom is -0.289 e. The zero-order valence-electron chi connectivity index (χ0n) is 18.6. The van der Waals surface area contributed by atoms with E-state index >= 15 is 0 Å². The lowest BCUT2D eigenvalue weighted by Gasteiger charge is -2.31. The Bertz CT molecular complexity index is 1340. The van der Waals surface area contributed by atoms with Crippen LogP contribution in [0.25, 0.3) is 0 Å². The number of halogens is 3. The van der Waals surface area contributed by atoms with Gasteiger partial charge >= 0.3 is 6.18 Å². The predicted molar refractivity (Wildman–Crippen MR) is 126 cm³/mol. The summed E-state index contributed by atoms with van der Waals surface area (Å²) in [6.45, 7) is 2.10. The molecule has 0 unspecified atom stereocenters. The number of hydrogen-bond donors (Lipinski definition) is 0. The van der Waals surface area contributed by atoms with E-state index in [1.807, 2.05) is 67.6 Å². The van der Waals surface area contributed by atoms with Crippen LogP contribution in [0.4, 0.5) is 24.7 Å². The third kappa shape index (κ3) is 4.32. The van der Waals surface area contributed by atoms with Gasteiger partial charge in [0.2, 0.25) is 0 Å². The molecule has 2 aromatic heterocycles. The number of anilines is 1. The highest BCUT2D eigenvalue weighted by Gasteiger charge is 2.35. The maximum atomic E-state index is 13.5. The molecule has 1 atom stereocenters. The number of rotatable bonds is 4. The summed E-state index contributed by atoms with van der Waals surface area (Å²) in [5.74, 6) is -0.282. The molecule has 0 spiro atoms. The van der Waals surface area contributed by atoms with Crippen molar-refractivity contribution in [1.29, 1.82) is 0 Å². The molecule has 5 rings (SSSR count). The minimum atomic E-state index is -4.50. The van der Waals surface area contributed by atoms with Crippen molar-refractivity contribution in [1.82, 2.24) is 14.8 Å². The van der Waals surface area contributed by atoms with Gasteiger partial charge in [-0.2, -0.15) is 18.3 Å². The molecule has 0 N–H and O–H groups in total. The van der Waals surface area contributed by atoms with Gasteiger partial charge in [0.25, 0.3) is 5.91 Å². The first-order chi connectivity index (χ1) is 16.8. The number of pyridine rings is 1. The Morgan fingerprint density at radius 3 is 2.11 bits per heavy atom. The lowest BCUT2D eigenvalue weighted by molar-refractivity contribution is -0.137. The maximum absolute atomic E-state index is 13.5. The van der Waals surface area contributed by atoms with Gasteiger partial charge in [0.15, 0.2) is 5.69 Å². The van der Waals surface area contributed by atoms with Crippen LogP contribution >= 0.6 is 0 Å². The second kappa shape index (κ2) is 8.83. The van der Waals surface area contributed by atoms with Gasteiger partial charge < -0.3 is 0 Å². The van der Waals surface area contributed by atoms with E-state index in [2.05, 4.69) is 10.1 Å². The normalized spacial score (nSPS) is 15.6. The molecule has 176 valence electrons. The Kier molecular flexibility index (Phi) is 5.68. The van der Waals surface area contributed by atoms with Crippen LogP contribution in [-0.2, 0) is 6.18 Å². The summed E-state index contributed by atoms with van der Waals surface area (Å²) in [6, 6.07) is 21.1. The number of benzene rings is 2. The molecule has 1 aliphatic heterocycles. The third-order valence-corrected chi connectivity index (χ3v) is 5.77. The molecule has 0 radical (unpaired) electrons. The van der Waals surface area contributed by atoms with Crippen molar-refractivity contribution in [2.45, 2.75) is 19.1 Å². The fourth-order valence-corrected chi connectivity index (χ4v) is 4.05. The number of hydrogen-bond acceptors (Lipinski definition) is 4. The second-order valence-corrected chi connectivity index (χ2v) is 8.18. The average molecular weight is 475 g/mol. The van der Waals surface area contributed by atoms with E-state index in [9.17, 15) is 18.0 Å². The van der Waals surface area contributed by atoms with Gasteiger partial charge in [0.1, 0.15) is 11.5 Å². The van der Waals surface area contributed by atoms with Crippen LogP contribution in [0.1, 0.15) is 40.1 Å². The van der Waals surface area contributed by atoms with Gasteiger partial charge in [-0.25, -0.2) is 9.98 Å². The number of amides is 1. The Morgan fingerprint density at radius 2 is 1.57 bits per heavy atom. The fraction of sp³-hybridized carbons (Fsp3) is 0.154. The molecule has 2 aromatic carbocycles. The molecule has 1 aliphatic rings. The van der Waals surface area contributed by atoms with Crippen molar-refractivity contribution in [3.05, 3.63) is 108 Å². The average Bonchev–Trinajstić information content (AvgIpc) is 3.30. The summed E-state index contributed by atoms with van der Waals surface area (Å²) in [4.78, 5) is 23.6. The van der Waals surface area contributed by atoms with Crippen LogP contribution in [-0.4, -0.2) is 32.9 Å². The topological polar surface area (TPSA) is 63.4 Å². The summed E-state index contributed by atoms with van der Waals surface area (Å²) in [5.41, 5.74) is 2.18. The van der Waals surface area contributed by atoms with Crippen LogP contribution < -0.4 is 4.90 Å². The predicted octanol–water partition coefficient (Wildman–Crippen LogP) is 5.69. The van der Waals surface area contributed by atoms with E-state index in [1.165, 1.54) is 11.0 Å². The number of carbonyl (C=O) groups is 1. The van der Waals surface area contributed by atoms with E-state index in [1.54, 1.807) is 10.9 Å². The van der Waals surface area contributed by atoms with Gasteiger partial charge in [0.05, 0.1) is 23.5 Å². The second-order valence-electron chi connectivity index (χ2n) is 8.18. The minimum absolute atomic E-state index is 0.142. The first-order valence-corrected chi connectivity index (χ1v) is 10.9. The standard InChI is InChI=1S/C26H20F3N5O/c1-17-16-33(22-13-12-20(14-30-22)26(27,28)29)25(35)24-21(15-31-34(17)24)32-23(18-8-4-2-5-9-18)19-10-6-3-7-11-19/h2-15,17H,16H2,1H3/t17-/m0/s1. The zero-order chi connectivity index (χ0) is 24.6. The Balaban J connectivity index is 1.57. The molecule has 6 nitrogen and oxygen atoms in total. The highest BCUT2D eigenvalue weighted by molar-refractivity contribution is 6.15. The summed E-state index contributed by atoms with van der Waals surface area (Å²) in [6.07, 6.45) is -2.23. The van der Waals surface area contributed by atoms with Crippen molar-refractivity contribution in [2.24, 2.45) is 4.99 Å². The SMILES string of the molecule is C[C@H]1CN(c2ccc(C(F)(F)F)cn2)C(=O)c2c(N=C(c3ccccc3)c3ccccc3)cnn21. The Hall–Kier alpha value is -4.27. The Labute approximate surface area is 199 Å². The monoisotopic (exact) mass is 475 g/mol. The third-order valence-electron chi connectivity index (χ3n) is 5.77. The van der Waals surface area contributed by atoms with Crippen LogP contribution in [0.15, 0.2) is 90.2 Å². The molecular weight excluding hydrogens is 455 g/mol. The largest absolute Gasteiger partial charge is 0.417 e. The summed E-state index contributed by atoms with van der Waals surface area (Å²) < 4.78 is 40.5. The number of carbonyl (C=O) groups excluding carboxylic acids is 1. The smallest absolute Gasteiger partial charge is 0.289 e. The van der Waals surface area contributed by atoms with Crippen molar-refractivity contribution >= 4 is 23.1 Å². The van der Waals surface area contributed by atoms with Gasteiger partial charge in [-0.3, -0.25) is 14.4 Å². The number of aliphatic imine (C=N–C) groups is 1. The molecule has 1 amide bonds. The van der Waals surface area contributed by atoms with E-state index < -0.39 is 17.6 Å². The van der Waals surface area contributed by atoms with Crippen molar-refractivity contribution in [3.8, 4) is 0 Å². The molecule has 0 aliphatic carbocycles. The van der Waals surface area contributed by atoms with E-state index in [4.69, 9.17) is 4.99 Å². The van der Waals surface area contributed by atoms with Gasteiger partial charge in [-0.15, -0.1) is 0 Å². The van der Waals surface area contributed by atoms with Crippen LogP contribution in [0.5, 0.6) is 0 Å². The Morgan fingerprint density at radius 1 is 0.943 bits per heavy atom. The van der Waals surface area contributed by atoms with Gasteiger partial charge in [0, 0.05) is 23.9 Å². The molecular formula is C26H20F3N5O. The summed E-state index contributed by atoms with van der Waals surface area (Å²) in [5, 5.41) is 4.40. The molecule has 0 bridgehead atoms. The van der Waals surface area contributed by atoms with Gasteiger partial charge in [-0.1, -0.05) is 60.7 Å². The quantitative estimate of drug-likeness (QED) is 0.357. The number of nitrogens with zero attached hydrogens (tertiary/aromatic N) is 5. The van der Waals surface area contributed by atoms with Crippen LogP contribution in [0, 0.1) is 0 Å². The van der Waals surface area contributed by atoms with E-state index in [0.717, 1.165) is 23.4 Å². The summed E-state index contributed by atoms with van der Waals surface area (Å²) >= 11 is 0. The maximum Gasteiger partial charge on any atom is 0.417 e. The molecule has 4 aromatic rings. The molecule has 3 heterocycles. The lowest BCUT2D eigenvalue weighted by atomic mass is 10.0. The number of aromatic nitrogens is 3. The van der Waals surface area contributed by atoms with Crippen molar-refractivity contribution in [3.63, 3.8) is 0 Å². The number of alkyl halides is 3.